The summed E-state index contributed by atoms with van der Waals surface area (Å²) in [6, 6.07) is 15.5. The highest BCUT2D eigenvalue weighted by atomic mass is 35.5. The number of benzene rings is 1. The van der Waals surface area contributed by atoms with Gasteiger partial charge in [0.15, 0.2) is 5.65 Å². The molecule has 0 N–H and O–H groups in total. The highest BCUT2D eigenvalue weighted by Crippen LogP contribution is 2.26. The maximum Gasteiger partial charge on any atom is 0.159 e. The van der Waals surface area contributed by atoms with Gasteiger partial charge in [-0.1, -0.05) is 23.7 Å². The standard InChI is InChI=1S/C18H14ClN3/c1-11-9-12(2)21-18-15(11)7-8-17(22-18)16(10-20)13-3-5-14(19)6-4-13/h3-9,16H,1-2H3. The van der Waals surface area contributed by atoms with Crippen LogP contribution in [0.25, 0.3) is 11.0 Å². The summed E-state index contributed by atoms with van der Waals surface area (Å²) in [4.78, 5) is 9.08. The summed E-state index contributed by atoms with van der Waals surface area (Å²) < 4.78 is 0. The van der Waals surface area contributed by atoms with Crippen molar-refractivity contribution in [2.24, 2.45) is 0 Å². The Morgan fingerprint density at radius 1 is 1.05 bits per heavy atom. The summed E-state index contributed by atoms with van der Waals surface area (Å²) in [5.74, 6) is -0.427. The van der Waals surface area contributed by atoms with Gasteiger partial charge in [-0.05, 0) is 55.3 Å². The Hall–Kier alpha value is -2.44. The number of rotatable bonds is 2. The molecule has 0 amide bonds. The zero-order valence-electron chi connectivity index (χ0n) is 12.3. The van der Waals surface area contributed by atoms with E-state index >= 15 is 0 Å². The third-order valence-corrected chi connectivity index (χ3v) is 3.91. The van der Waals surface area contributed by atoms with Crippen LogP contribution < -0.4 is 0 Å². The van der Waals surface area contributed by atoms with Gasteiger partial charge in [-0.15, -0.1) is 0 Å². The van der Waals surface area contributed by atoms with Crippen LogP contribution >= 0.6 is 11.6 Å². The van der Waals surface area contributed by atoms with Crippen LogP contribution in [0.5, 0.6) is 0 Å². The number of hydrogen-bond acceptors (Lipinski definition) is 3. The van der Waals surface area contributed by atoms with Gasteiger partial charge >= 0.3 is 0 Å². The van der Waals surface area contributed by atoms with Crippen LogP contribution in [0, 0.1) is 25.2 Å². The van der Waals surface area contributed by atoms with Gasteiger partial charge in [0.25, 0.3) is 0 Å². The van der Waals surface area contributed by atoms with E-state index in [4.69, 9.17) is 11.6 Å². The minimum atomic E-state index is -0.427. The quantitative estimate of drug-likeness (QED) is 0.697. The predicted molar refractivity (Wildman–Crippen MR) is 87.9 cm³/mol. The molecule has 1 aromatic carbocycles. The lowest BCUT2D eigenvalue weighted by Gasteiger charge is -2.11. The second-order valence-electron chi connectivity index (χ2n) is 5.30. The average Bonchev–Trinajstić information content (AvgIpc) is 2.49. The van der Waals surface area contributed by atoms with E-state index in [1.807, 2.05) is 44.2 Å². The minimum absolute atomic E-state index is 0.427. The Bertz CT molecular complexity index is 879. The largest absolute Gasteiger partial charge is 0.233 e. The van der Waals surface area contributed by atoms with Gasteiger partial charge in [0.2, 0.25) is 0 Å². The van der Waals surface area contributed by atoms with Crippen molar-refractivity contribution in [3.8, 4) is 6.07 Å². The average molecular weight is 308 g/mol. The van der Waals surface area contributed by atoms with Gasteiger partial charge in [-0.25, -0.2) is 9.97 Å². The van der Waals surface area contributed by atoms with Gasteiger partial charge < -0.3 is 0 Å². The van der Waals surface area contributed by atoms with E-state index in [2.05, 4.69) is 16.0 Å². The third-order valence-electron chi connectivity index (χ3n) is 3.66. The molecule has 0 saturated heterocycles. The van der Waals surface area contributed by atoms with Crippen LogP contribution in [-0.2, 0) is 0 Å². The molecule has 3 aromatic rings. The summed E-state index contributed by atoms with van der Waals surface area (Å²) >= 11 is 5.91. The molecule has 2 heterocycles. The third kappa shape index (κ3) is 2.66. The maximum atomic E-state index is 9.54. The molecular formula is C18H14ClN3. The Balaban J connectivity index is 2.12. The summed E-state index contributed by atoms with van der Waals surface area (Å²) in [6.45, 7) is 3.99. The molecule has 0 fully saturated rings. The van der Waals surface area contributed by atoms with E-state index < -0.39 is 5.92 Å². The van der Waals surface area contributed by atoms with Crippen LogP contribution in [-0.4, -0.2) is 9.97 Å². The first-order chi connectivity index (χ1) is 10.6. The van der Waals surface area contributed by atoms with Crippen molar-refractivity contribution in [3.05, 3.63) is 70.0 Å². The molecule has 0 aliphatic carbocycles. The van der Waals surface area contributed by atoms with Crippen molar-refractivity contribution in [2.45, 2.75) is 19.8 Å². The highest BCUT2D eigenvalue weighted by Gasteiger charge is 2.16. The normalized spacial score (nSPS) is 12.1. The Morgan fingerprint density at radius 2 is 1.77 bits per heavy atom. The van der Waals surface area contributed by atoms with Gasteiger partial charge in [0, 0.05) is 16.1 Å². The monoisotopic (exact) mass is 307 g/mol. The molecular weight excluding hydrogens is 294 g/mol. The molecule has 3 rings (SSSR count). The van der Waals surface area contributed by atoms with Crippen LogP contribution in [0.4, 0.5) is 0 Å². The van der Waals surface area contributed by atoms with E-state index in [-0.39, 0.29) is 0 Å². The molecule has 0 spiro atoms. The van der Waals surface area contributed by atoms with E-state index in [0.29, 0.717) is 16.4 Å². The number of pyridine rings is 2. The second-order valence-corrected chi connectivity index (χ2v) is 5.74. The fraction of sp³-hybridized carbons (Fsp3) is 0.167. The topological polar surface area (TPSA) is 49.6 Å². The zero-order valence-corrected chi connectivity index (χ0v) is 13.1. The Labute approximate surface area is 134 Å². The van der Waals surface area contributed by atoms with Crippen LogP contribution in [0.3, 0.4) is 0 Å². The van der Waals surface area contributed by atoms with Crippen molar-refractivity contribution < 1.29 is 0 Å². The number of hydrogen-bond donors (Lipinski definition) is 0. The lowest BCUT2D eigenvalue weighted by atomic mass is 9.96. The van der Waals surface area contributed by atoms with Crippen molar-refractivity contribution in [1.29, 1.82) is 5.26 Å². The number of aryl methyl sites for hydroxylation is 2. The lowest BCUT2D eigenvalue weighted by molar-refractivity contribution is 0.971. The molecule has 0 aliphatic heterocycles. The SMILES string of the molecule is Cc1cc(C)c2ccc(C(C#N)c3ccc(Cl)cc3)nc2n1. The molecule has 1 unspecified atom stereocenters. The van der Waals surface area contributed by atoms with Crippen molar-refractivity contribution in [3.63, 3.8) is 0 Å². The summed E-state index contributed by atoms with van der Waals surface area (Å²) in [6.07, 6.45) is 0. The fourth-order valence-electron chi connectivity index (χ4n) is 2.57. The molecule has 4 heteroatoms. The number of aromatic nitrogens is 2. The van der Waals surface area contributed by atoms with Crippen molar-refractivity contribution in [1.82, 2.24) is 9.97 Å². The first kappa shape index (κ1) is 14.5. The fourth-order valence-corrected chi connectivity index (χ4v) is 2.70. The minimum Gasteiger partial charge on any atom is -0.233 e. The number of halogens is 1. The number of nitrogens with zero attached hydrogens (tertiary/aromatic N) is 3. The predicted octanol–water partition coefficient (Wildman–Crippen LogP) is 4.56. The lowest BCUT2D eigenvalue weighted by Crippen LogP contribution is -2.02. The van der Waals surface area contributed by atoms with Gasteiger partial charge in [0.1, 0.15) is 5.92 Å². The summed E-state index contributed by atoms with van der Waals surface area (Å²) in [5, 5.41) is 11.2. The van der Waals surface area contributed by atoms with E-state index in [0.717, 1.165) is 22.2 Å². The molecule has 3 nitrogen and oxygen atoms in total. The summed E-state index contributed by atoms with van der Waals surface area (Å²) in [7, 11) is 0. The molecule has 22 heavy (non-hydrogen) atoms. The van der Waals surface area contributed by atoms with E-state index in [9.17, 15) is 5.26 Å². The van der Waals surface area contributed by atoms with Gasteiger partial charge in [0.05, 0.1) is 11.8 Å². The van der Waals surface area contributed by atoms with E-state index in [1.54, 1.807) is 12.1 Å². The molecule has 108 valence electrons. The molecule has 2 aromatic heterocycles. The number of nitriles is 1. The van der Waals surface area contributed by atoms with Crippen molar-refractivity contribution in [2.75, 3.05) is 0 Å². The smallest absolute Gasteiger partial charge is 0.159 e. The first-order valence-corrected chi connectivity index (χ1v) is 7.36. The van der Waals surface area contributed by atoms with Crippen LogP contribution in [0.2, 0.25) is 5.02 Å². The zero-order chi connectivity index (χ0) is 15.7. The van der Waals surface area contributed by atoms with Crippen LogP contribution in [0.15, 0.2) is 42.5 Å². The maximum absolute atomic E-state index is 9.54. The van der Waals surface area contributed by atoms with E-state index in [1.165, 1.54) is 0 Å². The highest BCUT2D eigenvalue weighted by molar-refractivity contribution is 6.30. The molecule has 0 radical (unpaired) electrons. The Kier molecular flexibility index (Phi) is 3.79. The molecule has 1 atom stereocenters. The Morgan fingerprint density at radius 3 is 2.45 bits per heavy atom. The van der Waals surface area contributed by atoms with Crippen molar-refractivity contribution >= 4 is 22.6 Å². The van der Waals surface area contributed by atoms with Gasteiger partial charge in [-0.3, -0.25) is 0 Å². The first-order valence-electron chi connectivity index (χ1n) is 6.98. The van der Waals surface area contributed by atoms with Gasteiger partial charge in [-0.2, -0.15) is 5.26 Å². The second kappa shape index (κ2) is 5.75. The molecule has 0 bridgehead atoms. The number of fused-ring (bicyclic) bond motifs is 1. The molecule has 0 aliphatic rings. The molecule has 0 saturated carbocycles. The summed E-state index contributed by atoms with van der Waals surface area (Å²) in [5.41, 5.74) is 4.33. The van der Waals surface area contributed by atoms with Crippen LogP contribution in [0.1, 0.15) is 28.4 Å².